The number of fused-ring (bicyclic) bond motifs is 1. The SMILES string of the molecule is Cc1noc2nc(-c3ccccc3)cc(C(=O)NCCSC(F)(F)F)c12. The van der Waals surface area contributed by atoms with E-state index in [1.165, 1.54) is 0 Å². The zero-order valence-electron chi connectivity index (χ0n) is 13.6. The fourth-order valence-corrected chi connectivity index (χ4v) is 2.89. The van der Waals surface area contributed by atoms with Crippen molar-refractivity contribution in [2.75, 3.05) is 12.3 Å². The Labute approximate surface area is 151 Å². The summed E-state index contributed by atoms with van der Waals surface area (Å²) in [7, 11) is 0. The number of hydrogen-bond acceptors (Lipinski definition) is 5. The molecule has 3 aromatic rings. The van der Waals surface area contributed by atoms with Crippen molar-refractivity contribution in [1.29, 1.82) is 0 Å². The Morgan fingerprint density at radius 2 is 2.00 bits per heavy atom. The lowest BCUT2D eigenvalue weighted by Gasteiger charge is -2.09. The van der Waals surface area contributed by atoms with Crippen LogP contribution in [0.1, 0.15) is 16.1 Å². The Morgan fingerprint density at radius 1 is 1.27 bits per heavy atom. The number of thioether (sulfide) groups is 1. The van der Waals surface area contributed by atoms with Crippen LogP contribution in [-0.2, 0) is 0 Å². The molecule has 0 unspecified atom stereocenters. The fraction of sp³-hybridized carbons (Fsp3) is 0.235. The van der Waals surface area contributed by atoms with E-state index in [4.69, 9.17) is 4.52 Å². The molecule has 0 aliphatic carbocycles. The molecule has 0 saturated heterocycles. The first-order valence-electron chi connectivity index (χ1n) is 7.66. The second kappa shape index (κ2) is 7.36. The number of rotatable bonds is 5. The van der Waals surface area contributed by atoms with Crippen LogP contribution in [0.5, 0.6) is 0 Å². The predicted molar refractivity (Wildman–Crippen MR) is 92.8 cm³/mol. The zero-order valence-corrected chi connectivity index (χ0v) is 14.4. The smallest absolute Gasteiger partial charge is 0.351 e. The van der Waals surface area contributed by atoms with Gasteiger partial charge in [0.05, 0.1) is 22.3 Å². The maximum absolute atomic E-state index is 12.5. The van der Waals surface area contributed by atoms with Gasteiger partial charge in [-0.05, 0) is 24.8 Å². The van der Waals surface area contributed by atoms with E-state index < -0.39 is 11.4 Å². The third-order valence-electron chi connectivity index (χ3n) is 3.58. The van der Waals surface area contributed by atoms with Crippen LogP contribution in [-0.4, -0.2) is 33.9 Å². The van der Waals surface area contributed by atoms with E-state index in [0.29, 0.717) is 16.8 Å². The number of pyridine rings is 1. The molecule has 0 radical (unpaired) electrons. The van der Waals surface area contributed by atoms with Crippen molar-refractivity contribution in [3.05, 3.63) is 47.7 Å². The highest BCUT2D eigenvalue weighted by Gasteiger charge is 2.27. The molecule has 2 aromatic heterocycles. The van der Waals surface area contributed by atoms with Gasteiger partial charge >= 0.3 is 5.51 Å². The number of alkyl halides is 3. The Morgan fingerprint density at radius 3 is 2.69 bits per heavy atom. The minimum absolute atomic E-state index is 0.113. The average molecular weight is 381 g/mol. The molecule has 2 heterocycles. The molecule has 0 bridgehead atoms. The Balaban J connectivity index is 1.88. The molecule has 5 nitrogen and oxygen atoms in total. The Hall–Kier alpha value is -2.55. The van der Waals surface area contributed by atoms with Crippen LogP contribution in [0.25, 0.3) is 22.4 Å². The van der Waals surface area contributed by atoms with Crippen molar-refractivity contribution >= 4 is 28.8 Å². The number of hydrogen-bond donors (Lipinski definition) is 1. The minimum atomic E-state index is -4.32. The second-order valence-corrected chi connectivity index (χ2v) is 6.58. The summed E-state index contributed by atoms with van der Waals surface area (Å²) in [5.41, 5.74) is -2.06. The lowest BCUT2D eigenvalue weighted by Crippen LogP contribution is -2.27. The monoisotopic (exact) mass is 381 g/mol. The molecule has 1 N–H and O–H groups in total. The number of nitrogens with zero attached hydrogens (tertiary/aromatic N) is 2. The fourth-order valence-electron chi connectivity index (χ4n) is 2.46. The lowest BCUT2D eigenvalue weighted by molar-refractivity contribution is -0.0327. The summed E-state index contributed by atoms with van der Waals surface area (Å²) in [6, 6.07) is 10.8. The number of carbonyl (C=O) groups excluding carboxylic acids is 1. The van der Waals surface area contributed by atoms with Crippen LogP contribution in [0.15, 0.2) is 40.9 Å². The topological polar surface area (TPSA) is 68.0 Å². The first kappa shape index (κ1) is 18.2. The summed E-state index contributed by atoms with van der Waals surface area (Å²) in [6.45, 7) is 1.56. The maximum Gasteiger partial charge on any atom is 0.441 e. The van der Waals surface area contributed by atoms with Crippen LogP contribution in [0.4, 0.5) is 13.2 Å². The normalized spacial score (nSPS) is 11.7. The number of benzene rings is 1. The number of aryl methyl sites for hydroxylation is 1. The summed E-state index contributed by atoms with van der Waals surface area (Å²) in [6.07, 6.45) is 0. The standard InChI is InChI=1S/C17H14F3N3O2S/c1-10-14-12(15(24)21-7-8-26-17(18,19)20)9-13(22-16(14)25-23-10)11-5-3-2-4-6-11/h2-6,9H,7-8H2,1H3,(H,21,24). The van der Waals surface area contributed by atoms with E-state index in [0.717, 1.165) is 5.56 Å². The number of aromatic nitrogens is 2. The van der Waals surface area contributed by atoms with Crippen molar-refractivity contribution < 1.29 is 22.5 Å². The molecule has 26 heavy (non-hydrogen) atoms. The summed E-state index contributed by atoms with van der Waals surface area (Å²) < 4.78 is 41.7. The summed E-state index contributed by atoms with van der Waals surface area (Å²) in [4.78, 5) is 16.9. The molecule has 1 aromatic carbocycles. The minimum Gasteiger partial charge on any atom is -0.351 e. The van der Waals surface area contributed by atoms with Crippen molar-refractivity contribution in [1.82, 2.24) is 15.5 Å². The Kier molecular flexibility index (Phi) is 5.17. The third-order valence-corrected chi connectivity index (χ3v) is 4.32. The molecule has 0 fully saturated rings. The van der Waals surface area contributed by atoms with Crippen molar-refractivity contribution in [3.63, 3.8) is 0 Å². The van der Waals surface area contributed by atoms with Crippen LogP contribution < -0.4 is 5.32 Å². The molecule has 0 aliphatic rings. The second-order valence-electron chi connectivity index (χ2n) is 5.42. The highest BCUT2D eigenvalue weighted by Crippen LogP contribution is 2.30. The van der Waals surface area contributed by atoms with Gasteiger partial charge < -0.3 is 9.84 Å². The lowest BCUT2D eigenvalue weighted by atomic mass is 10.1. The van der Waals surface area contributed by atoms with Gasteiger partial charge in [0.2, 0.25) is 0 Å². The maximum atomic E-state index is 12.5. The molecule has 0 saturated carbocycles. The largest absolute Gasteiger partial charge is 0.441 e. The first-order chi connectivity index (χ1) is 12.3. The molecule has 9 heteroatoms. The molecule has 1 amide bonds. The van der Waals surface area contributed by atoms with E-state index in [1.807, 2.05) is 30.3 Å². The van der Waals surface area contributed by atoms with Gasteiger partial charge in [-0.15, -0.1) is 0 Å². The predicted octanol–water partition coefficient (Wildman–Crippen LogP) is 4.18. The average Bonchev–Trinajstić information content (AvgIpc) is 2.99. The molecule has 3 rings (SSSR count). The van der Waals surface area contributed by atoms with Gasteiger partial charge in [-0.25, -0.2) is 4.98 Å². The molecule has 0 atom stereocenters. The van der Waals surface area contributed by atoms with E-state index in [2.05, 4.69) is 15.5 Å². The quantitative estimate of drug-likeness (QED) is 0.672. The summed E-state index contributed by atoms with van der Waals surface area (Å²) >= 11 is -0.179. The Bertz CT molecular complexity index is 926. The first-order valence-corrected chi connectivity index (χ1v) is 8.65. The molecular formula is C17H14F3N3O2S. The van der Waals surface area contributed by atoms with Crippen molar-refractivity contribution in [3.8, 4) is 11.3 Å². The third kappa shape index (κ3) is 4.16. The number of carbonyl (C=O) groups is 1. The van der Waals surface area contributed by atoms with Gasteiger partial charge in [-0.3, -0.25) is 4.79 Å². The van der Waals surface area contributed by atoms with E-state index in [9.17, 15) is 18.0 Å². The zero-order chi connectivity index (χ0) is 18.7. The highest BCUT2D eigenvalue weighted by atomic mass is 32.2. The molecule has 0 spiro atoms. The number of amides is 1. The summed E-state index contributed by atoms with van der Waals surface area (Å²) in [5, 5.41) is 6.78. The molecule has 136 valence electrons. The van der Waals surface area contributed by atoms with Gasteiger partial charge in [-0.1, -0.05) is 35.5 Å². The van der Waals surface area contributed by atoms with Gasteiger partial charge in [0.15, 0.2) is 0 Å². The van der Waals surface area contributed by atoms with Gasteiger partial charge in [0, 0.05) is 17.9 Å². The van der Waals surface area contributed by atoms with Gasteiger partial charge in [0.1, 0.15) is 0 Å². The summed E-state index contributed by atoms with van der Waals surface area (Å²) in [5.74, 6) is -0.763. The van der Waals surface area contributed by atoms with E-state index in [-0.39, 0.29) is 35.3 Å². The van der Waals surface area contributed by atoms with Crippen LogP contribution >= 0.6 is 11.8 Å². The molecule has 0 aliphatic heterocycles. The van der Waals surface area contributed by atoms with E-state index >= 15 is 0 Å². The van der Waals surface area contributed by atoms with E-state index in [1.54, 1.807) is 13.0 Å². The van der Waals surface area contributed by atoms with Gasteiger partial charge in [-0.2, -0.15) is 13.2 Å². The molecular weight excluding hydrogens is 367 g/mol. The van der Waals surface area contributed by atoms with Crippen LogP contribution in [0, 0.1) is 6.92 Å². The van der Waals surface area contributed by atoms with Crippen LogP contribution in [0.2, 0.25) is 0 Å². The number of nitrogens with one attached hydrogen (secondary N) is 1. The highest BCUT2D eigenvalue weighted by molar-refractivity contribution is 8.00. The van der Waals surface area contributed by atoms with Crippen LogP contribution in [0.3, 0.4) is 0 Å². The number of halogens is 3. The van der Waals surface area contributed by atoms with Crippen molar-refractivity contribution in [2.45, 2.75) is 12.4 Å². The van der Waals surface area contributed by atoms with Crippen molar-refractivity contribution in [2.24, 2.45) is 0 Å². The van der Waals surface area contributed by atoms with Gasteiger partial charge in [0.25, 0.3) is 11.6 Å².